The monoisotopic (exact) mass is 191 g/mol. The maximum Gasteiger partial charge on any atom is 0.337 e. The molecule has 2 rings (SSSR count). The zero-order valence-corrected chi connectivity index (χ0v) is 7.27. The van der Waals surface area contributed by atoms with E-state index < -0.39 is 12.1 Å². The highest BCUT2D eigenvalue weighted by molar-refractivity contribution is 5.88. The first-order chi connectivity index (χ1) is 6.70. The van der Waals surface area contributed by atoms with Gasteiger partial charge in [-0.15, -0.1) is 0 Å². The molecule has 2 aromatic rings. The summed E-state index contributed by atoms with van der Waals surface area (Å²) in [5.41, 5.74) is 1.22. The molecule has 4 heteroatoms. The average molecular weight is 191 g/mol. The highest BCUT2D eigenvalue weighted by atomic mass is 16.4. The van der Waals surface area contributed by atoms with E-state index in [1.54, 1.807) is 12.1 Å². The minimum Gasteiger partial charge on any atom is -0.479 e. The largest absolute Gasteiger partial charge is 0.479 e. The quantitative estimate of drug-likeness (QED) is 0.669. The van der Waals surface area contributed by atoms with Crippen LogP contribution in [0.2, 0.25) is 0 Å². The van der Waals surface area contributed by atoms with Crippen LogP contribution < -0.4 is 0 Å². The van der Waals surface area contributed by atoms with Crippen molar-refractivity contribution in [2.75, 3.05) is 0 Å². The number of nitrogens with one attached hydrogen (secondary N) is 1. The molecule has 1 aromatic carbocycles. The molecular weight excluding hydrogens is 182 g/mol. The molecule has 14 heavy (non-hydrogen) atoms. The summed E-state index contributed by atoms with van der Waals surface area (Å²) in [6.07, 6.45) is 0.0508. The number of H-pyrrole nitrogens is 1. The Morgan fingerprint density at radius 2 is 2.07 bits per heavy atom. The van der Waals surface area contributed by atoms with Gasteiger partial charge in [0.1, 0.15) is 0 Å². The number of aliphatic hydroxyl groups excluding tert-OH is 1. The van der Waals surface area contributed by atoms with Crippen molar-refractivity contribution in [1.29, 1.82) is 0 Å². The minimum absolute atomic E-state index is 0.396. The Morgan fingerprint density at radius 3 is 2.79 bits per heavy atom. The molecule has 0 unspecified atom stereocenters. The number of aromatic nitrogens is 1. The Morgan fingerprint density at radius 1 is 1.36 bits per heavy atom. The Bertz CT molecular complexity index is 475. The standard InChI is InChI=1S/C10H9NO3/c12-9(10(13)14)7-5-11-8-4-2-1-3-6(7)8/h1-5,9,11-12H,(H,13,14)/t9-/m1/s1. The summed E-state index contributed by atoms with van der Waals surface area (Å²) in [4.78, 5) is 13.5. The third kappa shape index (κ3) is 1.25. The van der Waals surface area contributed by atoms with Gasteiger partial charge in [0.2, 0.25) is 0 Å². The Balaban J connectivity index is 2.58. The van der Waals surface area contributed by atoms with Gasteiger partial charge in [0.05, 0.1) is 0 Å². The van der Waals surface area contributed by atoms with Crippen LogP contribution >= 0.6 is 0 Å². The molecule has 4 nitrogen and oxygen atoms in total. The van der Waals surface area contributed by atoms with E-state index in [2.05, 4.69) is 4.98 Å². The predicted molar refractivity (Wildman–Crippen MR) is 50.9 cm³/mol. The number of para-hydroxylation sites is 1. The number of aliphatic carboxylic acids is 1. The van der Waals surface area contributed by atoms with Crippen molar-refractivity contribution >= 4 is 16.9 Å². The lowest BCUT2D eigenvalue weighted by Crippen LogP contribution is -2.09. The van der Waals surface area contributed by atoms with Crippen molar-refractivity contribution in [3.05, 3.63) is 36.0 Å². The normalized spacial score (nSPS) is 12.9. The second kappa shape index (κ2) is 3.16. The summed E-state index contributed by atoms with van der Waals surface area (Å²) in [7, 11) is 0. The summed E-state index contributed by atoms with van der Waals surface area (Å²) < 4.78 is 0. The van der Waals surface area contributed by atoms with Gasteiger partial charge in [-0.3, -0.25) is 0 Å². The molecular formula is C10H9NO3. The number of benzene rings is 1. The van der Waals surface area contributed by atoms with Crippen LogP contribution in [0.25, 0.3) is 10.9 Å². The molecule has 1 heterocycles. The molecule has 0 aliphatic carbocycles. The fraction of sp³-hybridized carbons (Fsp3) is 0.100. The first kappa shape index (κ1) is 8.77. The summed E-state index contributed by atoms with van der Waals surface area (Å²) >= 11 is 0. The van der Waals surface area contributed by atoms with Crippen LogP contribution in [0, 0.1) is 0 Å². The van der Waals surface area contributed by atoms with Crippen LogP contribution in [-0.2, 0) is 4.79 Å². The van der Waals surface area contributed by atoms with Crippen LogP contribution in [0.3, 0.4) is 0 Å². The highest BCUT2D eigenvalue weighted by Gasteiger charge is 2.19. The van der Waals surface area contributed by atoms with Gasteiger partial charge in [0.25, 0.3) is 0 Å². The third-order valence-electron chi connectivity index (χ3n) is 2.15. The fourth-order valence-electron chi connectivity index (χ4n) is 1.45. The molecule has 0 fully saturated rings. The topological polar surface area (TPSA) is 73.3 Å². The number of carboxylic acid groups (broad SMARTS) is 1. The molecule has 0 aliphatic heterocycles. The molecule has 0 amide bonds. The molecule has 1 aromatic heterocycles. The van der Waals surface area contributed by atoms with Gasteiger partial charge in [0.15, 0.2) is 6.10 Å². The number of carboxylic acids is 1. The van der Waals surface area contributed by atoms with Crippen molar-refractivity contribution in [2.45, 2.75) is 6.10 Å². The number of aromatic amines is 1. The SMILES string of the molecule is O=C(O)[C@H](O)c1c[nH]c2ccccc12. The smallest absolute Gasteiger partial charge is 0.337 e. The summed E-state index contributed by atoms with van der Waals surface area (Å²) in [5.74, 6) is -1.24. The molecule has 1 atom stereocenters. The Hall–Kier alpha value is -1.81. The van der Waals surface area contributed by atoms with Gasteiger partial charge in [-0.25, -0.2) is 4.79 Å². The van der Waals surface area contributed by atoms with Gasteiger partial charge in [-0.1, -0.05) is 18.2 Å². The number of hydrogen-bond donors (Lipinski definition) is 3. The second-order valence-corrected chi connectivity index (χ2v) is 3.03. The van der Waals surface area contributed by atoms with E-state index in [0.29, 0.717) is 5.56 Å². The predicted octanol–water partition coefficient (Wildman–Crippen LogP) is 1.29. The fourth-order valence-corrected chi connectivity index (χ4v) is 1.45. The summed E-state index contributed by atoms with van der Waals surface area (Å²) in [6.45, 7) is 0. The van der Waals surface area contributed by atoms with E-state index in [9.17, 15) is 9.90 Å². The lowest BCUT2D eigenvalue weighted by molar-refractivity contribution is -0.146. The minimum atomic E-state index is -1.47. The van der Waals surface area contributed by atoms with Gasteiger partial charge in [-0.2, -0.15) is 0 Å². The third-order valence-corrected chi connectivity index (χ3v) is 2.15. The first-order valence-electron chi connectivity index (χ1n) is 4.17. The Kier molecular flexibility index (Phi) is 1.98. The second-order valence-electron chi connectivity index (χ2n) is 3.03. The van der Waals surface area contributed by atoms with Gasteiger partial charge in [0, 0.05) is 22.7 Å². The van der Waals surface area contributed by atoms with E-state index in [1.165, 1.54) is 6.20 Å². The van der Waals surface area contributed by atoms with E-state index in [-0.39, 0.29) is 0 Å². The molecule has 0 radical (unpaired) electrons. The molecule has 3 N–H and O–H groups in total. The molecule has 0 spiro atoms. The highest BCUT2D eigenvalue weighted by Crippen LogP contribution is 2.23. The van der Waals surface area contributed by atoms with Gasteiger partial charge < -0.3 is 15.2 Å². The first-order valence-corrected chi connectivity index (χ1v) is 4.17. The zero-order valence-electron chi connectivity index (χ0n) is 7.27. The molecule has 0 bridgehead atoms. The molecule has 0 saturated heterocycles. The van der Waals surface area contributed by atoms with E-state index in [4.69, 9.17) is 5.11 Å². The maximum absolute atomic E-state index is 10.6. The Labute approximate surface area is 79.8 Å². The number of fused-ring (bicyclic) bond motifs is 1. The average Bonchev–Trinajstić information content (AvgIpc) is 2.60. The van der Waals surface area contributed by atoms with Crippen molar-refractivity contribution in [3.63, 3.8) is 0 Å². The van der Waals surface area contributed by atoms with Crippen LogP contribution in [0.15, 0.2) is 30.5 Å². The lowest BCUT2D eigenvalue weighted by Gasteiger charge is -2.02. The maximum atomic E-state index is 10.6. The van der Waals surface area contributed by atoms with E-state index >= 15 is 0 Å². The zero-order chi connectivity index (χ0) is 10.1. The summed E-state index contributed by atoms with van der Waals surface area (Å²) in [6, 6.07) is 7.24. The van der Waals surface area contributed by atoms with Gasteiger partial charge >= 0.3 is 5.97 Å². The summed E-state index contributed by atoms with van der Waals surface area (Å²) in [5, 5.41) is 18.8. The van der Waals surface area contributed by atoms with E-state index in [1.807, 2.05) is 12.1 Å². The lowest BCUT2D eigenvalue weighted by atomic mass is 10.1. The molecule has 0 saturated carbocycles. The van der Waals surface area contributed by atoms with Gasteiger partial charge in [-0.05, 0) is 6.07 Å². The van der Waals surface area contributed by atoms with Crippen molar-refractivity contribution in [2.24, 2.45) is 0 Å². The molecule has 0 aliphatic rings. The van der Waals surface area contributed by atoms with Crippen LogP contribution in [0.4, 0.5) is 0 Å². The number of carbonyl (C=O) groups is 1. The van der Waals surface area contributed by atoms with Crippen molar-refractivity contribution in [3.8, 4) is 0 Å². The van der Waals surface area contributed by atoms with Crippen LogP contribution in [-0.4, -0.2) is 21.2 Å². The molecule has 72 valence electrons. The van der Waals surface area contributed by atoms with Crippen molar-refractivity contribution < 1.29 is 15.0 Å². The number of rotatable bonds is 2. The van der Waals surface area contributed by atoms with Crippen LogP contribution in [0.5, 0.6) is 0 Å². The van der Waals surface area contributed by atoms with Crippen LogP contribution in [0.1, 0.15) is 11.7 Å². The number of aliphatic hydroxyl groups is 1. The number of hydrogen-bond acceptors (Lipinski definition) is 2. The van der Waals surface area contributed by atoms with Crippen molar-refractivity contribution in [1.82, 2.24) is 4.98 Å². The van der Waals surface area contributed by atoms with E-state index in [0.717, 1.165) is 10.9 Å².